The first-order chi connectivity index (χ1) is 51.4. The molecule has 3 aromatic rings. The molecule has 109 heavy (non-hydrogen) atoms. The maximum Gasteiger partial charge on any atom is 0.446 e. The van der Waals surface area contributed by atoms with E-state index in [4.69, 9.17) is 53.5 Å². The minimum Gasteiger partial charge on any atom is -0.481 e. The number of alkyl halides is 3. The van der Waals surface area contributed by atoms with Gasteiger partial charge in [-0.2, -0.15) is 13.2 Å². The number of carbonyl (C=O) groups excluding carboxylic acids is 16. The Kier molecular flexibility index (Phi) is 34.4. The number of ketones is 1. The summed E-state index contributed by atoms with van der Waals surface area (Å²) in [6, 6.07) is 10.3. The van der Waals surface area contributed by atoms with Crippen molar-refractivity contribution in [3.63, 3.8) is 0 Å². The van der Waals surface area contributed by atoms with Crippen molar-refractivity contribution in [2.24, 2.45) is 5.73 Å². The predicted octanol–water partition coefficient (Wildman–Crippen LogP) is 2.14. The second-order valence-electron chi connectivity index (χ2n) is 25.8. The van der Waals surface area contributed by atoms with Crippen molar-refractivity contribution >= 4 is 112 Å². The molecule has 0 radical (unpaired) electrons. The Hall–Kier alpha value is -10.7. The quantitative estimate of drug-likeness (QED) is 0.0121. The summed E-state index contributed by atoms with van der Waals surface area (Å²) in [4.78, 5) is 202. The van der Waals surface area contributed by atoms with Crippen LogP contribution in [0.4, 0.5) is 28.9 Å². The van der Waals surface area contributed by atoms with Crippen LogP contribution in [-0.4, -0.2) is 255 Å². The molecule has 3 aromatic carbocycles. The van der Waals surface area contributed by atoms with Gasteiger partial charge in [-0.25, -0.2) is 9.18 Å². The highest BCUT2D eigenvalue weighted by Gasteiger charge is 2.49. The highest BCUT2D eigenvalue weighted by Crippen LogP contribution is 2.35. The molecule has 3 saturated heterocycles. The van der Waals surface area contributed by atoms with E-state index in [9.17, 15) is 94.3 Å². The number of hydrogen-bond acceptors (Lipinski definition) is 28. The molecule has 594 valence electrons. The topological polar surface area (TPSA) is 480 Å². The van der Waals surface area contributed by atoms with Gasteiger partial charge in [0.1, 0.15) is 41.8 Å². The number of carboxylic acid groups (broad SMARTS) is 1. The third-order valence-electron chi connectivity index (χ3n) is 15.2. The van der Waals surface area contributed by atoms with E-state index >= 15 is 0 Å². The van der Waals surface area contributed by atoms with Crippen molar-refractivity contribution in [1.82, 2.24) is 30.7 Å². The van der Waals surface area contributed by atoms with Gasteiger partial charge < -0.3 is 59.4 Å². The number of aldehydes is 1. The second kappa shape index (κ2) is 42.2. The van der Waals surface area contributed by atoms with Gasteiger partial charge >= 0.3 is 24.1 Å². The highest BCUT2D eigenvalue weighted by molar-refractivity contribution is 6.34. The summed E-state index contributed by atoms with van der Waals surface area (Å²) in [7, 11) is 0. The SMILES string of the molecule is CC(C)(C)OC(=O)C(=O)COCCOCCN.CC(C)(C)OC(=O)CCOCCOCCNc1cccc2c1C(=O)N(C1CCC(=O)NC1=O)C2=O.O=C(O)CCOCCOCCNc1cccc2c1C(=O)N(C1CCC(=O)NC1=O)C2=O.O=C1CCC(N2C(=O)c3cccc(F)c3C2=O)C(=O)N1.O=CC(F)(F)F. The number of aliphatic carboxylic acids is 1. The lowest BCUT2D eigenvalue weighted by Gasteiger charge is -2.27. The number of nitrogens with zero attached hydrogens (tertiary/aromatic N) is 3. The van der Waals surface area contributed by atoms with E-state index < -0.39 is 136 Å². The summed E-state index contributed by atoms with van der Waals surface area (Å²) in [5, 5.41) is 21.1. The first-order valence-corrected chi connectivity index (χ1v) is 34.0. The van der Waals surface area contributed by atoms with Gasteiger partial charge in [0.15, 0.2) is 0 Å². The lowest BCUT2D eigenvalue weighted by Crippen LogP contribution is -2.54. The molecule has 0 spiro atoms. The molecule has 6 aliphatic rings. The van der Waals surface area contributed by atoms with Crippen molar-refractivity contribution in [2.75, 3.05) is 110 Å². The molecule has 0 saturated carbocycles. The third-order valence-corrected chi connectivity index (χ3v) is 15.2. The first-order valence-electron chi connectivity index (χ1n) is 34.0. The number of nitrogens with two attached hydrogens (primary N) is 1. The number of benzene rings is 3. The molecule has 12 amide bonds. The Bertz CT molecular complexity index is 3900. The zero-order chi connectivity index (χ0) is 80.9. The number of anilines is 2. The van der Waals surface area contributed by atoms with Crippen LogP contribution in [0, 0.1) is 5.82 Å². The summed E-state index contributed by atoms with van der Waals surface area (Å²) in [6.07, 6.45) is -5.18. The molecule has 3 unspecified atom stereocenters. The van der Waals surface area contributed by atoms with Crippen LogP contribution in [0.1, 0.15) is 155 Å². The molecule has 39 heteroatoms. The van der Waals surface area contributed by atoms with Crippen LogP contribution in [0.3, 0.4) is 0 Å². The number of amides is 12. The van der Waals surface area contributed by atoms with Crippen molar-refractivity contribution in [1.29, 1.82) is 0 Å². The van der Waals surface area contributed by atoms with E-state index in [1.165, 1.54) is 24.3 Å². The van der Waals surface area contributed by atoms with Gasteiger partial charge in [0.25, 0.3) is 41.2 Å². The van der Waals surface area contributed by atoms with Gasteiger partial charge in [-0.15, -0.1) is 0 Å². The molecule has 6 heterocycles. The Morgan fingerprint density at radius 1 is 0.495 bits per heavy atom. The fourth-order valence-corrected chi connectivity index (χ4v) is 10.5. The van der Waals surface area contributed by atoms with Gasteiger partial charge in [0, 0.05) is 50.3 Å². The molecular weight excluding hydrogens is 1460 g/mol. The number of fused-ring (bicyclic) bond motifs is 3. The van der Waals surface area contributed by atoms with E-state index in [-0.39, 0.29) is 130 Å². The average Bonchev–Trinajstić information content (AvgIpc) is 1.62. The molecule has 9 rings (SSSR count). The highest BCUT2D eigenvalue weighted by atomic mass is 19.4. The lowest BCUT2D eigenvalue weighted by molar-refractivity contribution is -0.164. The van der Waals surface area contributed by atoms with E-state index in [0.29, 0.717) is 70.7 Å². The Morgan fingerprint density at radius 3 is 1.20 bits per heavy atom. The van der Waals surface area contributed by atoms with Crippen molar-refractivity contribution < 1.29 is 142 Å². The molecule has 3 fully saturated rings. The molecule has 35 nitrogen and oxygen atoms in total. The monoisotopic (exact) mass is 1540 g/mol. The van der Waals surface area contributed by atoms with E-state index in [0.717, 1.165) is 20.8 Å². The number of Topliss-reactive ketones (excluding diaryl/α,β-unsaturated/α-hetero) is 1. The van der Waals surface area contributed by atoms with Crippen molar-refractivity contribution in [3.8, 4) is 0 Å². The Labute approximate surface area is 620 Å². The van der Waals surface area contributed by atoms with Crippen molar-refractivity contribution in [3.05, 3.63) is 93.8 Å². The van der Waals surface area contributed by atoms with Crippen LogP contribution < -0.4 is 32.3 Å². The Balaban J connectivity index is 0.000000262. The zero-order valence-corrected chi connectivity index (χ0v) is 60.4. The number of carbonyl (C=O) groups is 17. The van der Waals surface area contributed by atoms with Crippen LogP contribution in [0.2, 0.25) is 0 Å². The molecule has 3 atom stereocenters. The molecule has 0 bridgehead atoms. The molecule has 0 aliphatic carbocycles. The normalized spacial score (nSPS) is 17.3. The lowest BCUT2D eigenvalue weighted by atomic mass is 10.0. The van der Waals surface area contributed by atoms with Gasteiger partial charge in [-0.3, -0.25) is 107 Å². The minimum atomic E-state index is -4.64. The van der Waals surface area contributed by atoms with Gasteiger partial charge in [-0.1, -0.05) is 18.2 Å². The molecule has 6 aliphatic heterocycles. The largest absolute Gasteiger partial charge is 0.481 e. The maximum atomic E-state index is 13.7. The number of esters is 2. The van der Waals surface area contributed by atoms with Crippen LogP contribution in [-0.2, 0) is 90.6 Å². The number of nitrogens with one attached hydrogen (secondary N) is 5. The number of piperidine rings is 3. The number of rotatable bonds is 31. The predicted molar refractivity (Wildman–Crippen MR) is 366 cm³/mol. The van der Waals surface area contributed by atoms with Crippen LogP contribution in [0.15, 0.2) is 54.6 Å². The van der Waals surface area contributed by atoms with E-state index in [1.807, 2.05) is 0 Å². The summed E-state index contributed by atoms with van der Waals surface area (Å²) in [5.74, 6) is -10.7. The Morgan fingerprint density at radius 2 is 0.844 bits per heavy atom. The second-order valence-corrected chi connectivity index (χ2v) is 25.8. The van der Waals surface area contributed by atoms with Crippen molar-refractivity contribution in [2.45, 2.75) is 128 Å². The summed E-state index contributed by atoms with van der Waals surface area (Å²) >= 11 is 0. The third kappa shape index (κ3) is 27.5. The minimum absolute atomic E-state index is 0.0340. The molecule has 8 N–H and O–H groups in total. The fourth-order valence-electron chi connectivity index (χ4n) is 10.5. The molecular formula is C70H85F4N9O26. The van der Waals surface area contributed by atoms with E-state index in [2.05, 4.69) is 26.6 Å². The summed E-state index contributed by atoms with van der Waals surface area (Å²) in [6.45, 7) is 14.6. The van der Waals surface area contributed by atoms with Gasteiger partial charge in [-0.05, 0) is 97.2 Å². The number of halogens is 4. The van der Waals surface area contributed by atoms with Crippen LogP contribution >= 0.6 is 0 Å². The average molecular weight is 1540 g/mol. The number of carboxylic acids is 1. The maximum absolute atomic E-state index is 13.7. The first kappa shape index (κ1) is 88.9. The number of imide groups is 6. The number of hydrogen-bond donors (Lipinski definition) is 7. The molecule has 0 aromatic heterocycles. The van der Waals surface area contributed by atoms with Crippen LogP contribution in [0.25, 0.3) is 0 Å². The summed E-state index contributed by atoms with van der Waals surface area (Å²) < 4.78 is 86.3. The van der Waals surface area contributed by atoms with Crippen LogP contribution in [0.5, 0.6) is 0 Å². The summed E-state index contributed by atoms with van der Waals surface area (Å²) in [5.41, 5.74) is 5.37. The number of ether oxygens (including phenoxy) is 8. The van der Waals surface area contributed by atoms with Gasteiger partial charge in [0.05, 0.1) is 119 Å². The van der Waals surface area contributed by atoms with Gasteiger partial charge in [0.2, 0.25) is 41.7 Å². The standard InChI is InChI=1S/C24H31N3O8.C20H23N3O8.C13H9FN2O4.C11H21NO5.C2HF3O/c1-24(2,3)35-19(29)9-11-33-13-14-34-12-10-25-16-6-4-5-15-20(16)23(32)27(22(15)31)17-7-8-18(28)26-21(17)30;24-15-5-4-14(18(27)22-15)23-19(28)12-2-1-3-13(17(12)20(23)29)21-7-9-31-11-10-30-8-6-16(25)26;14-7-3-1-2-6-10(7)13(20)16(12(6)19)8-4-5-9(17)15-11(8)18;1-11(2,3)17-10(14)9(13)8-16-7-6-15-5-4-12;3-2(4,5)1-6/h4-6,17,25H,7-14H2,1-3H3,(H,26,28,30);1-3,14,21H,4-11H2,(H,25,26)(H,22,24,27);1-3,8H,4-5H2,(H,15,17,18);4-8,12H2,1-3H3;1H. The zero-order valence-electron chi connectivity index (χ0n) is 60.4. The fraction of sp³-hybridized carbons (Fsp3) is 0.500. The van der Waals surface area contributed by atoms with E-state index in [1.54, 1.807) is 65.8 Å². The smallest absolute Gasteiger partial charge is 0.446 e.